The van der Waals surface area contributed by atoms with Gasteiger partial charge in [0.25, 0.3) is 0 Å². The van der Waals surface area contributed by atoms with E-state index in [-0.39, 0.29) is 5.79 Å². The number of rotatable bonds is 2. The van der Waals surface area contributed by atoms with Crippen molar-refractivity contribution in [3.05, 3.63) is 0 Å². The Balaban J connectivity index is 2.07. The third kappa shape index (κ3) is 3.71. The van der Waals surface area contributed by atoms with Crippen LogP contribution in [0, 0.1) is 16.2 Å². The maximum absolute atomic E-state index is 5.19. The minimum atomic E-state index is -0.167. The molecule has 0 atom stereocenters. The first-order valence-electron chi connectivity index (χ1n) is 7.40. The van der Waals surface area contributed by atoms with Gasteiger partial charge in [0.1, 0.15) is 0 Å². The van der Waals surface area contributed by atoms with Crippen molar-refractivity contribution in [1.29, 1.82) is 0 Å². The van der Waals surface area contributed by atoms with E-state index in [4.69, 9.17) is 9.78 Å². The van der Waals surface area contributed by atoms with Gasteiger partial charge in [-0.05, 0) is 41.9 Å². The van der Waals surface area contributed by atoms with Crippen LogP contribution in [-0.2, 0) is 9.78 Å². The van der Waals surface area contributed by atoms with Crippen LogP contribution >= 0.6 is 0 Å². The third-order valence-corrected chi connectivity index (χ3v) is 4.20. The summed E-state index contributed by atoms with van der Waals surface area (Å²) in [5.74, 6) is -0.167. The Morgan fingerprint density at radius 2 is 1.11 bits per heavy atom. The molecule has 0 amide bonds. The van der Waals surface area contributed by atoms with E-state index in [0.29, 0.717) is 16.2 Å². The van der Waals surface area contributed by atoms with E-state index in [1.165, 1.54) is 25.7 Å². The predicted molar refractivity (Wildman–Crippen MR) is 73.9 cm³/mol. The van der Waals surface area contributed by atoms with Gasteiger partial charge < -0.3 is 0 Å². The first kappa shape index (κ1) is 14.3. The van der Waals surface area contributed by atoms with Gasteiger partial charge in [-0.2, -0.15) is 9.78 Å². The second-order valence-corrected chi connectivity index (χ2v) is 9.05. The molecule has 1 saturated heterocycles. The van der Waals surface area contributed by atoms with Crippen molar-refractivity contribution in [3.63, 3.8) is 0 Å². The van der Waals surface area contributed by atoms with Crippen LogP contribution in [0.1, 0.15) is 80.1 Å². The predicted octanol–water partition coefficient (Wildman–Crippen LogP) is 5.08. The van der Waals surface area contributed by atoms with Crippen LogP contribution in [0.4, 0.5) is 0 Å². The standard InChI is InChI=1S/C16H30O2/c1-13(2,3)11-15(12-14(4,5)6)7-9-16(10-8-15)17-18-16/h7-12H2,1-6H3. The summed E-state index contributed by atoms with van der Waals surface area (Å²) in [6.07, 6.45) is 7.29. The van der Waals surface area contributed by atoms with Crippen LogP contribution in [0.3, 0.4) is 0 Å². The number of hydrogen-bond acceptors (Lipinski definition) is 2. The molecule has 1 aliphatic heterocycles. The second-order valence-electron chi connectivity index (χ2n) is 9.05. The lowest BCUT2D eigenvalue weighted by atomic mass is 9.59. The molecule has 2 fully saturated rings. The molecule has 2 heteroatoms. The summed E-state index contributed by atoms with van der Waals surface area (Å²) in [6, 6.07) is 0. The normalized spacial score (nSPS) is 26.3. The van der Waals surface area contributed by atoms with Crippen LogP contribution in [0.15, 0.2) is 0 Å². The minimum Gasteiger partial charge on any atom is -0.195 e. The summed E-state index contributed by atoms with van der Waals surface area (Å²) in [5.41, 5.74) is 1.29. The summed E-state index contributed by atoms with van der Waals surface area (Å²) in [4.78, 5) is 10.4. The molecule has 0 unspecified atom stereocenters. The lowest BCUT2D eigenvalue weighted by molar-refractivity contribution is 0.0341. The van der Waals surface area contributed by atoms with Gasteiger partial charge in [0.05, 0.1) is 0 Å². The molecule has 1 spiro atoms. The fraction of sp³-hybridized carbons (Fsp3) is 1.00. The summed E-state index contributed by atoms with van der Waals surface area (Å²) in [5, 5.41) is 0. The van der Waals surface area contributed by atoms with E-state index >= 15 is 0 Å². The van der Waals surface area contributed by atoms with Crippen LogP contribution in [-0.4, -0.2) is 5.79 Å². The average molecular weight is 254 g/mol. The molecule has 2 nitrogen and oxygen atoms in total. The Labute approximate surface area is 112 Å². The Hall–Kier alpha value is -0.0800. The van der Waals surface area contributed by atoms with Gasteiger partial charge in [-0.25, -0.2) is 0 Å². The number of hydrogen-bond donors (Lipinski definition) is 0. The van der Waals surface area contributed by atoms with Crippen LogP contribution < -0.4 is 0 Å². The first-order valence-corrected chi connectivity index (χ1v) is 7.40. The van der Waals surface area contributed by atoms with E-state index in [2.05, 4.69) is 41.5 Å². The first-order chi connectivity index (χ1) is 8.04. The zero-order valence-corrected chi connectivity index (χ0v) is 13.1. The molecule has 2 aliphatic rings. The molecule has 106 valence electrons. The summed E-state index contributed by atoms with van der Waals surface area (Å²) in [6.45, 7) is 14.2. The molecule has 0 radical (unpaired) electrons. The highest BCUT2D eigenvalue weighted by atomic mass is 17.4. The van der Waals surface area contributed by atoms with E-state index in [1.807, 2.05) is 0 Å². The van der Waals surface area contributed by atoms with Gasteiger partial charge in [-0.15, -0.1) is 0 Å². The topological polar surface area (TPSA) is 25.1 Å². The maximum Gasteiger partial charge on any atom is 0.234 e. The van der Waals surface area contributed by atoms with Gasteiger partial charge in [-0.1, -0.05) is 41.5 Å². The van der Waals surface area contributed by atoms with E-state index in [0.717, 1.165) is 12.8 Å². The fourth-order valence-electron chi connectivity index (χ4n) is 4.05. The molecule has 0 aromatic heterocycles. The maximum atomic E-state index is 5.19. The highest BCUT2D eigenvalue weighted by Gasteiger charge is 2.55. The van der Waals surface area contributed by atoms with E-state index in [9.17, 15) is 0 Å². The van der Waals surface area contributed by atoms with Crippen LogP contribution in [0.5, 0.6) is 0 Å². The Morgan fingerprint density at radius 1 is 0.722 bits per heavy atom. The average Bonchev–Trinajstić information content (AvgIpc) is 2.86. The van der Waals surface area contributed by atoms with Gasteiger partial charge in [0, 0.05) is 12.8 Å². The van der Waals surface area contributed by atoms with Crippen molar-refractivity contribution in [2.24, 2.45) is 16.2 Å². The van der Waals surface area contributed by atoms with Crippen molar-refractivity contribution >= 4 is 0 Å². The van der Waals surface area contributed by atoms with Gasteiger partial charge >= 0.3 is 0 Å². The lowest BCUT2D eigenvalue weighted by Gasteiger charge is -2.45. The van der Waals surface area contributed by atoms with Crippen LogP contribution in [0.25, 0.3) is 0 Å². The SMILES string of the molecule is CC(C)(C)CC1(CC(C)(C)C)CCC2(CC1)OO2. The zero-order chi connectivity index (χ0) is 13.7. The molecule has 1 saturated carbocycles. The molecule has 0 aromatic rings. The lowest BCUT2D eigenvalue weighted by Crippen LogP contribution is -2.37. The highest BCUT2D eigenvalue weighted by molar-refractivity contribution is 4.95. The molecular formula is C16H30O2. The van der Waals surface area contributed by atoms with Gasteiger partial charge in [0.15, 0.2) is 0 Å². The third-order valence-electron chi connectivity index (χ3n) is 4.20. The van der Waals surface area contributed by atoms with Crippen molar-refractivity contribution in [1.82, 2.24) is 0 Å². The highest BCUT2D eigenvalue weighted by Crippen LogP contribution is 2.56. The molecule has 18 heavy (non-hydrogen) atoms. The van der Waals surface area contributed by atoms with Crippen molar-refractivity contribution in [2.75, 3.05) is 0 Å². The quantitative estimate of drug-likeness (QED) is 0.507. The van der Waals surface area contributed by atoms with Crippen molar-refractivity contribution in [3.8, 4) is 0 Å². The summed E-state index contributed by atoms with van der Waals surface area (Å²) in [7, 11) is 0. The molecule has 0 N–H and O–H groups in total. The van der Waals surface area contributed by atoms with Crippen molar-refractivity contribution in [2.45, 2.75) is 85.9 Å². The second kappa shape index (κ2) is 4.21. The minimum absolute atomic E-state index is 0.167. The van der Waals surface area contributed by atoms with Gasteiger partial charge in [-0.3, -0.25) is 0 Å². The molecular weight excluding hydrogens is 224 g/mol. The fourth-order valence-corrected chi connectivity index (χ4v) is 4.05. The molecule has 1 heterocycles. The summed E-state index contributed by atoms with van der Waals surface area (Å²) < 4.78 is 0. The Kier molecular flexibility index (Phi) is 3.35. The van der Waals surface area contributed by atoms with Gasteiger partial charge in [0.2, 0.25) is 5.79 Å². The molecule has 0 bridgehead atoms. The Morgan fingerprint density at radius 3 is 1.39 bits per heavy atom. The molecule has 1 aliphatic carbocycles. The largest absolute Gasteiger partial charge is 0.234 e. The zero-order valence-electron chi connectivity index (χ0n) is 13.1. The van der Waals surface area contributed by atoms with E-state index < -0.39 is 0 Å². The Bertz CT molecular complexity index is 274. The summed E-state index contributed by atoms with van der Waals surface area (Å²) >= 11 is 0. The monoisotopic (exact) mass is 254 g/mol. The molecule has 0 aromatic carbocycles. The van der Waals surface area contributed by atoms with Crippen molar-refractivity contribution < 1.29 is 9.78 Å². The van der Waals surface area contributed by atoms with E-state index in [1.54, 1.807) is 0 Å². The smallest absolute Gasteiger partial charge is 0.195 e. The molecule has 2 rings (SSSR count). The van der Waals surface area contributed by atoms with Crippen LogP contribution in [0.2, 0.25) is 0 Å².